The van der Waals surface area contributed by atoms with Gasteiger partial charge in [-0.1, -0.05) is 11.6 Å². The van der Waals surface area contributed by atoms with E-state index < -0.39 is 28.8 Å². The molecule has 0 saturated carbocycles. The Morgan fingerprint density at radius 3 is 2.64 bits per heavy atom. The van der Waals surface area contributed by atoms with Crippen LogP contribution in [0.25, 0.3) is 0 Å². The zero-order valence-electron chi connectivity index (χ0n) is 6.67. The van der Waals surface area contributed by atoms with Gasteiger partial charge < -0.3 is 10.8 Å². The van der Waals surface area contributed by atoms with Gasteiger partial charge in [-0.25, -0.2) is 18.6 Å². The summed E-state index contributed by atoms with van der Waals surface area (Å²) in [5, 5.41) is 8.09. The number of halogens is 3. The van der Waals surface area contributed by atoms with Crippen molar-refractivity contribution in [3.63, 3.8) is 0 Å². The molecule has 0 unspecified atom stereocenters. The molecule has 0 fully saturated rings. The minimum absolute atomic E-state index is 0.227. The van der Waals surface area contributed by atoms with Crippen molar-refractivity contribution in [3.05, 3.63) is 22.5 Å². The molecule has 0 amide bonds. The maximum absolute atomic E-state index is 12.3. The summed E-state index contributed by atoms with van der Waals surface area (Å²) in [6, 6.07) is 0.927. The molecule has 0 radical (unpaired) electrons. The molecule has 4 nitrogen and oxygen atoms in total. The van der Waals surface area contributed by atoms with Gasteiger partial charge in [-0.2, -0.15) is 0 Å². The first-order valence-electron chi connectivity index (χ1n) is 3.41. The number of pyridine rings is 1. The lowest BCUT2D eigenvalue weighted by atomic mass is 10.2. The van der Waals surface area contributed by atoms with Gasteiger partial charge in [0.05, 0.1) is 10.7 Å². The SMILES string of the molecule is Nc1cc(C(=O)O)nc(C(F)F)c1Cl. The second-order valence-electron chi connectivity index (χ2n) is 2.40. The molecule has 0 atom stereocenters. The first kappa shape index (κ1) is 10.6. The van der Waals surface area contributed by atoms with Crippen LogP contribution in [0, 0.1) is 0 Å². The number of nitrogens with zero attached hydrogens (tertiary/aromatic N) is 1. The van der Waals surface area contributed by atoms with Gasteiger partial charge in [0.25, 0.3) is 6.43 Å². The Kier molecular flexibility index (Phi) is 2.85. The fourth-order valence-electron chi connectivity index (χ4n) is 0.824. The van der Waals surface area contributed by atoms with Crippen molar-refractivity contribution in [2.75, 3.05) is 5.73 Å². The fourth-order valence-corrected chi connectivity index (χ4v) is 1.00. The summed E-state index contributed by atoms with van der Waals surface area (Å²) in [6.45, 7) is 0. The molecule has 3 N–H and O–H groups in total. The summed E-state index contributed by atoms with van der Waals surface area (Å²) in [6.07, 6.45) is -2.95. The van der Waals surface area contributed by atoms with Crippen molar-refractivity contribution in [2.24, 2.45) is 0 Å². The molecular weight excluding hydrogens is 218 g/mol. The minimum Gasteiger partial charge on any atom is -0.477 e. The summed E-state index contributed by atoms with van der Waals surface area (Å²) in [7, 11) is 0. The van der Waals surface area contributed by atoms with E-state index in [0.29, 0.717) is 0 Å². The number of rotatable bonds is 2. The largest absolute Gasteiger partial charge is 0.477 e. The van der Waals surface area contributed by atoms with Crippen molar-refractivity contribution in [1.29, 1.82) is 0 Å². The highest BCUT2D eigenvalue weighted by atomic mass is 35.5. The van der Waals surface area contributed by atoms with Crippen molar-refractivity contribution in [1.82, 2.24) is 4.98 Å². The monoisotopic (exact) mass is 222 g/mol. The molecule has 0 aliphatic carbocycles. The average molecular weight is 223 g/mol. The van der Waals surface area contributed by atoms with Crippen LogP contribution in [-0.4, -0.2) is 16.1 Å². The summed E-state index contributed by atoms with van der Waals surface area (Å²) in [5.41, 5.74) is 3.63. The molecular formula is C7H5ClF2N2O2. The topological polar surface area (TPSA) is 76.2 Å². The molecule has 7 heteroatoms. The first-order valence-corrected chi connectivity index (χ1v) is 3.78. The lowest BCUT2D eigenvalue weighted by molar-refractivity contribution is 0.0689. The smallest absolute Gasteiger partial charge is 0.354 e. The first-order chi connectivity index (χ1) is 6.43. The number of carbonyl (C=O) groups is 1. The number of carboxylic acid groups (broad SMARTS) is 1. The Bertz CT molecular complexity index is 384. The van der Waals surface area contributed by atoms with Crippen LogP contribution >= 0.6 is 11.6 Å². The molecule has 0 saturated heterocycles. The highest BCUT2D eigenvalue weighted by Crippen LogP contribution is 2.30. The van der Waals surface area contributed by atoms with Crippen LogP contribution in [0.15, 0.2) is 6.07 Å². The molecule has 0 aliphatic rings. The van der Waals surface area contributed by atoms with Crippen molar-refractivity contribution in [3.8, 4) is 0 Å². The van der Waals surface area contributed by atoms with Crippen LogP contribution < -0.4 is 5.73 Å². The Labute approximate surface area is 82.3 Å². The Morgan fingerprint density at radius 2 is 2.21 bits per heavy atom. The van der Waals surface area contributed by atoms with Gasteiger partial charge in [0, 0.05) is 0 Å². The Hall–Kier alpha value is -1.43. The van der Waals surface area contributed by atoms with Crippen LogP contribution in [0.2, 0.25) is 5.02 Å². The normalized spacial score (nSPS) is 10.6. The zero-order valence-corrected chi connectivity index (χ0v) is 7.42. The maximum Gasteiger partial charge on any atom is 0.354 e. The van der Waals surface area contributed by atoms with Crippen LogP contribution in [0.1, 0.15) is 22.6 Å². The number of aromatic carboxylic acids is 1. The molecule has 0 aliphatic heterocycles. The lowest BCUT2D eigenvalue weighted by Gasteiger charge is -2.05. The lowest BCUT2D eigenvalue weighted by Crippen LogP contribution is -2.06. The highest BCUT2D eigenvalue weighted by Gasteiger charge is 2.19. The molecule has 0 aromatic carbocycles. The molecule has 0 bridgehead atoms. The zero-order chi connectivity index (χ0) is 10.9. The number of anilines is 1. The van der Waals surface area contributed by atoms with E-state index in [2.05, 4.69) is 4.98 Å². The summed E-state index contributed by atoms with van der Waals surface area (Å²) >= 11 is 5.40. The number of aromatic nitrogens is 1. The van der Waals surface area contributed by atoms with E-state index in [1.165, 1.54) is 0 Å². The number of carboxylic acids is 1. The number of alkyl halides is 2. The standard InChI is InChI=1S/C7H5ClF2N2O2/c8-4-2(11)1-3(7(13)14)12-5(4)6(9)10/h1,6H,(H2,11,12)(H,13,14). The van der Waals surface area contributed by atoms with E-state index in [4.69, 9.17) is 22.4 Å². The van der Waals surface area contributed by atoms with Crippen LogP contribution in [-0.2, 0) is 0 Å². The van der Waals surface area contributed by atoms with E-state index in [9.17, 15) is 13.6 Å². The van der Waals surface area contributed by atoms with Gasteiger partial charge >= 0.3 is 5.97 Å². The quantitative estimate of drug-likeness (QED) is 0.802. The van der Waals surface area contributed by atoms with Gasteiger partial charge in [0.15, 0.2) is 5.69 Å². The van der Waals surface area contributed by atoms with Crippen molar-refractivity contribution >= 4 is 23.3 Å². The van der Waals surface area contributed by atoms with Gasteiger partial charge in [-0.3, -0.25) is 0 Å². The Morgan fingerprint density at radius 1 is 1.64 bits per heavy atom. The molecule has 1 rings (SSSR count). The van der Waals surface area contributed by atoms with Crippen LogP contribution in [0.4, 0.5) is 14.5 Å². The van der Waals surface area contributed by atoms with Gasteiger partial charge in [0.2, 0.25) is 0 Å². The third-order valence-corrected chi connectivity index (χ3v) is 1.85. The number of nitrogen functional groups attached to an aromatic ring is 1. The maximum atomic E-state index is 12.3. The molecule has 0 spiro atoms. The molecule has 14 heavy (non-hydrogen) atoms. The van der Waals surface area contributed by atoms with Gasteiger partial charge in [-0.05, 0) is 6.07 Å². The van der Waals surface area contributed by atoms with E-state index in [1.807, 2.05) is 0 Å². The van der Waals surface area contributed by atoms with E-state index >= 15 is 0 Å². The van der Waals surface area contributed by atoms with Crippen molar-refractivity contribution in [2.45, 2.75) is 6.43 Å². The van der Waals surface area contributed by atoms with E-state index in [1.54, 1.807) is 0 Å². The predicted octanol–water partition coefficient (Wildman–Crippen LogP) is 1.95. The van der Waals surface area contributed by atoms with Crippen molar-refractivity contribution < 1.29 is 18.7 Å². The number of nitrogens with two attached hydrogens (primary N) is 1. The fraction of sp³-hybridized carbons (Fsp3) is 0.143. The predicted molar refractivity (Wildman–Crippen MR) is 45.6 cm³/mol. The molecule has 1 heterocycles. The van der Waals surface area contributed by atoms with Crippen LogP contribution in [0.3, 0.4) is 0 Å². The molecule has 76 valence electrons. The molecule has 1 aromatic rings. The second kappa shape index (κ2) is 3.75. The van der Waals surface area contributed by atoms with E-state index in [0.717, 1.165) is 6.07 Å². The highest BCUT2D eigenvalue weighted by molar-refractivity contribution is 6.33. The number of hydrogen-bond acceptors (Lipinski definition) is 3. The summed E-state index contributed by atoms with van der Waals surface area (Å²) in [4.78, 5) is 13.6. The average Bonchev–Trinajstić information content (AvgIpc) is 2.08. The number of hydrogen-bond donors (Lipinski definition) is 2. The second-order valence-corrected chi connectivity index (χ2v) is 2.78. The Balaban J connectivity index is 3.35. The van der Waals surface area contributed by atoms with E-state index in [-0.39, 0.29) is 5.69 Å². The van der Waals surface area contributed by atoms with Crippen LogP contribution in [0.5, 0.6) is 0 Å². The third-order valence-electron chi connectivity index (χ3n) is 1.44. The summed E-state index contributed by atoms with van der Waals surface area (Å²) < 4.78 is 24.5. The summed E-state index contributed by atoms with van der Waals surface area (Å²) in [5.74, 6) is -1.43. The molecule has 1 aromatic heterocycles. The minimum atomic E-state index is -2.95. The van der Waals surface area contributed by atoms with Gasteiger partial charge in [-0.15, -0.1) is 0 Å². The third kappa shape index (κ3) is 1.90. The van der Waals surface area contributed by atoms with Gasteiger partial charge in [0.1, 0.15) is 5.69 Å².